The Labute approximate surface area is 120 Å². The maximum atomic E-state index is 6.29. The molecule has 1 saturated carbocycles. The molecule has 1 aromatic carbocycles. The highest BCUT2D eigenvalue weighted by molar-refractivity contribution is 6.17. The third-order valence-electron chi connectivity index (χ3n) is 4.50. The Balaban J connectivity index is 1.49. The lowest BCUT2D eigenvalue weighted by atomic mass is 9.98. The van der Waals surface area contributed by atoms with Crippen molar-refractivity contribution in [2.75, 3.05) is 11.9 Å². The van der Waals surface area contributed by atoms with Crippen molar-refractivity contribution in [2.45, 2.75) is 56.1 Å². The first-order valence-electron chi connectivity index (χ1n) is 7.36. The predicted octanol–water partition coefficient (Wildman–Crippen LogP) is 4.33. The van der Waals surface area contributed by atoms with Crippen molar-refractivity contribution in [1.82, 2.24) is 0 Å². The van der Waals surface area contributed by atoms with Gasteiger partial charge in [0.25, 0.3) is 0 Å². The molecule has 0 aromatic heterocycles. The van der Waals surface area contributed by atoms with Crippen LogP contribution in [0, 0.1) is 0 Å². The average molecular weight is 280 g/mol. The Morgan fingerprint density at radius 1 is 1.16 bits per heavy atom. The number of halogens is 1. The lowest BCUT2D eigenvalue weighted by Crippen LogP contribution is -2.27. The number of hydrogen-bond donors (Lipinski definition) is 1. The molecule has 2 nitrogen and oxygen atoms in total. The minimum absolute atomic E-state index is 0.245. The number of alkyl halides is 1. The van der Waals surface area contributed by atoms with Crippen molar-refractivity contribution >= 4 is 17.3 Å². The van der Waals surface area contributed by atoms with Gasteiger partial charge >= 0.3 is 0 Å². The number of hydrogen-bond acceptors (Lipinski definition) is 2. The molecule has 2 aliphatic rings. The molecule has 104 valence electrons. The molecule has 2 fully saturated rings. The standard InChI is InChI=1S/C16H22ClNO/c17-11-13-3-5-14(6-4-13)18-12-15-7-10-16(19-15)8-1-2-9-16/h3-6,15,18H,1-2,7-12H2. The molecule has 3 heteroatoms. The molecule has 0 radical (unpaired) electrons. The second-order valence-electron chi connectivity index (χ2n) is 5.88. The zero-order valence-corrected chi connectivity index (χ0v) is 12.1. The van der Waals surface area contributed by atoms with E-state index in [1.54, 1.807) is 0 Å². The maximum Gasteiger partial charge on any atom is 0.0756 e. The van der Waals surface area contributed by atoms with Gasteiger partial charge < -0.3 is 10.1 Å². The molecule has 1 saturated heterocycles. The highest BCUT2D eigenvalue weighted by Crippen LogP contribution is 2.43. The van der Waals surface area contributed by atoms with Crippen molar-refractivity contribution in [3.8, 4) is 0 Å². The van der Waals surface area contributed by atoms with Gasteiger partial charge in [-0.2, -0.15) is 0 Å². The van der Waals surface area contributed by atoms with Gasteiger partial charge in [-0.05, 0) is 43.4 Å². The summed E-state index contributed by atoms with van der Waals surface area (Å²) in [7, 11) is 0. The van der Waals surface area contributed by atoms with Gasteiger partial charge in [0.05, 0.1) is 11.7 Å². The zero-order valence-electron chi connectivity index (χ0n) is 11.3. The van der Waals surface area contributed by atoms with E-state index in [2.05, 4.69) is 29.6 Å². The van der Waals surface area contributed by atoms with Gasteiger partial charge in [0.2, 0.25) is 0 Å². The summed E-state index contributed by atoms with van der Waals surface area (Å²) in [5.41, 5.74) is 2.56. The Kier molecular flexibility index (Phi) is 3.99. The Morgan fingerprint density at radius 3 is 2.58 bits per heavy atom. The minimum atomic E-state index is 0.245. The van der Waals surface area contributed by atoms with Crippen molar-refractivity contribution in [2.24, 2.45) is 0 Å². The quantitative estimate of drug-likeness (QED) is 0.829. The smallest absolute Gasteiger partial charge is 0.0756 e. The number of nitrogens with one attached hydrogen (secondary N) is 1. The monoisotopic (exact) mass is 279 g/mol. The molecule has 1 N–H and O–H groups in total. The number of benzene rings is 1. The van der Waals surface area contributed by atoms with Crippen LogP contribution in [0.4, 0.5) is 5.69 Å². The van der Waals surface area contributed by atoms with Crippen molar-refractivity contribution < 1.29 is 4.74 Å². The lowest BCUT2D eigenvalue weighted by molar-refractivity contribution is -0.0307. The summed E-state index contributed by atoms with van der Waals surface area (Å²) >= 11 is 5.79. The van der Waals surface area contributed by atoms with E-state index in [0.29, 0.717) is 12.0 Å². The topological polar surface area (TPSA) is 21.3 Å². The largest absolute Gasteiger partial charge is 0.382 e. The molecule has 1 aliphatic heterocycles. The molecule has 1 atom stereocenters. The normalized spacial score (nSPS) is 25.0. The molecule has 0 bridgehead atoms. The third kappa shape index (κ3) is 3.06. The van der Waals surface area contributed by atoms with Gasteiger partial charge in [-0.3, -0.25) is 0 Å². The molecule has 1 spiro atoms. The molecule has 19 heavy (non-hydrogen) atoms. The van der Waals surface area contributed by atoms with Crippen LogP contribution in [0.15, 0.2) is 24.3 Å². The van der Waals surface area contributed by atoms with Gasteiger partial charge in [0.1, 0.15) is 0 Å². The average Bonchev–Trinajstić information content (AvgIpc) is 3.08. The highest BCUT2D eigenvalue weighted by Gasteiger charge is 2.41. The molecule has 3 rings (SSSR count). The van der Waals surface area contributed by atoms with Crippen LogP contribution in [0.1, 0.15) is 44.1 Å². The van der Waals surface area contributed by atoms with E-state index in [0.717, 1.165) is 17.8 Å². The molecule has 1 aromatic rings. The molecule has 0 amide bonds. The van der Waals surface area contributed by atoms with Crippen LogP contribution >= 0.6 is 11.6 Å². The van der Waals surface area contributed by atoms with Crippen LogP contribution in [-0.2, 0) is 10.6 Å². The van der Waals surface area contributed by atoms with Gasteiger partial charge in [0.15, 0.2) is 0 Å². The lowest BCUT2D eigenvalue weighted by Gasteiger charge is -2.24. The summed E-state index contributed by atoms with van der Waals surface area (Å²) in [6.45, 7) is 0.919. The molecule has 1 unspecified atom stereocenters. The fourth-order valence-corrected chi connectivity index (χ4v) is 3.55. The SMILES string of the molecule is ClCc1ccc(NCC2CCC3(CCCC3)O2)cc1. The summed E-state index contributed by atoms with van der Waals surface area (Å²) in [4.78, 5) is 0. The van der Waals surface area contributed by atoms with Gasteiger partial charge in [-0.1, -0.05) is 25.0 Å². The summed E-state index contributed by atoms with van der Waals surface area (Å²) < 4.78 is 6.29. The Hall–Kier alpha value is -0.730. The summed E-state index contributed by atoms with van der Waals surface area (Å²) in [5.74, 6) is 0.578. The number of rotatable bonds is 4. The molecule has 1 aliphatic carbocycles. The number of ether oxygens (including phenoxy) is 1. The van der Waals surface area contributed by atoms with Crippen LogP contribution < -0.4 is 5.32 Å². The summed E-state index contributed by atoms with van der Waals surface area (Å²) in [6, 6.07) is 8.34. The fraction of sp³-hybridized carbons (Fsp3) is 0.625. The number of anilines is 1. The second kappa shape index (κ2) is 5.72. The molecule has 1 heterocycles. The van der Waals surface area contributed by atoms with E-state index in [9.17, 15) is 0 Å². The second-order valence-corrected chi connectivity index (χ2v) is 6.15. The van der Waals surface area contributed by atoms with E-state index in [-0.39, 0.29) is 5.60 Å². The first kappa shape index (κ1) is 13.3. The van der Waals surface area contributed by atoms with Crippen LogP contribution in [-0.4, -0.2) is 18.2 Å². The first-order chi connectivity index (χ1) is 9.30. The first-order valence-corrected chi connectivity index (χ1v) is 7.90. The zero-order chi connectivity index (χ0) is 13.1. The van der Waals surface area contributed by atoms with E-state index in [4.69, 9.17) is 16.3 Å². The van der Waals surface area contributed by atoms with Gasteiger partial charge in [-0.15, -0.1) is 11.6 Å². The summed E-state index contributed by atoms with van der Waals surface area (Å²) in [6.07, 6.45) is 8.07. The van der Waals surface area contributed by atoms with Crippen molar-refractivity contribution in [1.29, 1.82) is 0 Å². The fourth-order valence-electron chi connectivity index (χ4n) is 3.37. The van der Waals surface area contributed by atoms with E-state index in [1.807, 2.05) is 0 Å². The summed E-state index contributed by atoms with van der Waals surface area (Å²) in [5, 5.41) is 3.48. The van der Waals surface area contributed by atoms with E-state index in [1.165, 1.54) is 38.5 Å². The van der Waals surface area contributed by atoms with Crippen molar-refractivity contribution in [3.63, 3.8) is 0 Å². The third-order valence-corrected chi connectivity index (χ3v) is 4.80. The Morgan fingerprint density at radius 2 is 1.89 bits per heavy atom. The maximum absolute atomic E-state index is 6.29. The van der Waals surface area contributed by atoms with E-state index >= 15 is 0 Å². The molecular formula is C16H22ClNO. The van der Waals surface area contributed by atoms with Crippen LogP contribution in [0.5, 0.6) is 0 Å². The predicted molar refractivity (Wildman–Crippen MR) is 79.8 cm³/mol. The van der Waals surface area contributed by atoms with Crippen LogP contribution in [0.25, 0.3) is 0 Å². The van der Waals surface area contributed by atoms with Crippen LogP contribution in [0.3, 0.4) is 0 Å². The van der Waals surface area contributed by atoms with E-state index < -0.39 is 0 Å². The molecular weight excluding hydrogens is 258 g/mol. The van der Waals surface area contributed by atoms with Gasteiger partial charge in [0, 0.05) is 18.1 Å². The van der Waals surface area contributed by atoms with Crippen LogP contribution in [0.2, 0.25) is 0 Å². The highest BCUT2D eigenvalue weighted by atomic mass is 35.5. The van der Waals surface area contributed by atoms with Gasteiger partial charge in [-0.25, -0.2) is 0 Å². The minimum Gasteiger partial charge on any atom is -0.382 e. The Bertz CT molecular complexity index is 411. The van der Waals surface area contributed by atoms with Crippen molar-refractivity contribution in [3.05, 3.63) is 29.8 Å².